The molecule has 18 heavy (non-hydrogen) atoms. The van der Waals surface area contributed by atoms with Crippen molar-refractivity contribution in [1.82, 2.24) is 5.32 Å². The van der Waals surface area contributed by atoms with Crippen molar-refractivity contribution >= 4 is 0 Å². The molecule has 0 amide bonds. The van der Waals surface area contributed by atoms with Crippen molar-refractivity contribution in [1.29, 1.82) is 0 Å². The predicted octanol–water partition coefficient (Wildman–Crippen LogP) is 2.31. The molecule has 1 aliphatic carbocycles. The van der Waals surface area contributed by atoms with Gasteiger partial charge in [0.25, 0.3) is 0 Å². The molecule has 0 radical (unpaired) electrons. The lowest BCUT2D eigenvalue weighted by atomic mass is 9.86. The van der Waals surface area contributed by atoms with Crippen LogP contribution in [0, 0.1) is 5.92 Å². The Balaban J connectivity index is 1.76. The van der Waals surface area contributed by atoms with Crippen LogP contribution in [0.15, 0.2) is 12.1 Å². The van der Waals surface area contributed by atoms with E-state index in [1.807, 2.05) is 19.2 Å². The van der Waals surface area contributed by atoms with Crippen LogP contribution in [0.25, 0.3) is 0 Å². The van der Waals surface area contributed by atoms with Gasteiger partial charge in [0, 0.05) is 18.2 Å². The van der Waals surface area contributed by atoms with Crippen molar-refractivity contribution in [3.63, 3.8) is 0 Å². The quantitative estimate of drug-likeness (QED) is 0.869. The normalized spacial score (nSPS) is 17.6. The minimum absolute atomic E-state index is 0.306. The highest BCUT2D eigenvalue weighted by Crippen LogP contribution is 2.38. The Morgan fingerprint density at radius 2 is 2.06 bits per heavy atom. The van der Waals surface area contributed by atoms with Gasteiger partial charge in [0.2, 0.25) is 6.79 Å². The average Bonchev–Trinajstić information content (AvgIpc) is 2.74. The molecular weight excluding hydrogens is 230 g/mol. The SMILES string of the molecule is CNCc1cc2c(cc1OCC1CCC1)OCO2. The summed E-state index contributed by atoms with van der Waals surface area (Å²) in [6, 6.07) is 3.96. The molecule has 4 heteroatoms. The van der Waals surface area contributed by atoms with Gasteiger partial charge in [0.1, 0.15) is 5.75 Å². The second kappa shape index (κ2) is 5.06. The van der Waals surface area contributed by atoms with E-state index in [1.54, 1.807) is 0 Å². The zero-order valence-electron chi connectivity index (χ0n) is 10.7. The summed E-state index contributed by atoms with van der Waals surface area (Å²) in [6.07, 6.45) is 3.94. The van der Waals surface area contributed by atoms with E-state index in [0.29, 0.717) is 6.79 Å². The minimum atomic E-state index is 0.306. The molecule has 98 valence electrons. The lowest BCUT2D eigenvalue weighted by Crippen LogP contribution is -2.20. The number of fused-ring (bicyclic) bond motifs is 1. The molecule has 0 atom stereocenters. The van der Waals surface area contributed by atoms with Crippen molar-refractivity contribution in [2.45, 2.75) is 25.8 Å². The second-order valence-electron chi connectivity index (χ2n) is 4.95. The number of benzene rings is 1. The first-order valence-corrected chi connectivity index (χ1v) is 6.56. The largest absolute Gasteiger partial charge is 0.493 e. The van der Waals surface area contributed by atoms with Gasteiger partial charge in [0.15, 0.2) is 11.5 Å². The Morgan fingerprint density at radius 1 is 1.28 bits per heavy atom. The molecule has 0 spiro atoms. The summed E-state index contributed by atoms with van der Waals surface area (Å²) >= 11 is 0. The van der Waals surface area contributed by atoms with Gasteiger partial charge in [-0.1, -0.05) is 6.42 Å². The monoisotopic (exact) mass is 249 g/mol. The van der Waals surface area contributed by atoms with Crippen LogP contribution >= 0.6 is 0 Å². The molecule has 0 saturated heterocycles. The van der Waals surface area contributed by atoms with Gasteiger partial charge in [-0.15, -0.1) is 0 Å². The zero-order valence-corrected chi connectivity index (χ0v) is 10.7. The maximum Gasteiger partial charge on any atom is 0.231 e. The van der Waals surface area contributed by atoms with E-state index in [-0.39, 0.29) is 0 Å². The highest BCUT2D eigenvalue weighted by Gasteiger charge is 2.21. The zero-order chi connectivity index (χ0) is 12.4. The smallest absolute Gasteiger partial charge is 0.231 e. The van der Waals surface area contributed by atoms with Gasteiger partial charge in [-0.25, -0.2) is 0 Å². The molecule has 3 rings (SSSR count). The molecule has 0 aromatic heterocycles. The average molecular weight is 249 g/mol. The van der Waals surface area contributed by atoms with Gasteiger partial charge >= 0.3 is 0 Å². The summed E-state index contributed by atoms with van der Waals surface area (Å²) in [5.41, 5.74) is 1.13. The van der Waals surface area contributed by atoms with E-state index in [0.717, 1.165) is 41.9 Å². The summed E-state index contributed by atoms with van der Waals surface area (Å²) < 4.78 is 16.7. The molecule has 0 unspecified atom stereocenters. The number of hydrogen-bond acceptors (Lipinski definition) is 4. The first kappa shape index (κ1) is 11.7. The third kappa shape index (κ3) is 2.25. The van der Waals surface area contributed by atoms with Crippen LogP contribution in [-0.2, 0) is 6.54 Å². The number of hydrogen-bond donors (Lipinski definition) is 1. The van der Waals surface area contributed by atoms with Crippen molar-refractivity contribution in [3.05, 3.63) is 17.7 Å². The van der Waals surface area contributed by atoms with Crippen LogP contribution in [-0.4, -0.2) is 20.4 Å². The third-order valence-electron chi connectivity index (χ3n) is 3.62. The maximum atomic E-state index is 5.94. The van der Waals surface area contributed by atoms with E-state index in [2.05, 4.69) is 5.32 Å². The summed E-state index contributed by atoms with van der Waals surface area (Å²) in [5.74, 6) is 3.26. The first-order valence-electron chi connectivity index (χ1n) is 6.56. The first-order chi connectivity index (χ1) is 8.86. The van der Waals surface area contributed by atoms with Crippen molar-refractivity contribution in [2.75, 3.05) is 20.4 Å². The van der Waals surface area contributed by atoms with E-state index in [1.165, 1.54) is 19.3 Å². The van der Waals surface area contributed by atoms with Crippen LogP contribution in [0.3, 0.4) is 0 Å². The fourth-order valence-electron chi connectivity index (χ4n) is 2.30. The molecule has 0 bridgehead atoms. The molecule has 2 aliphatic rings. The highest BCUT2D eigenvalue weighted by atomic mass is 16.7. The Labute approximate surface area is 107 Å². The van der Waals surface area contributed by atoms with Crippen molar-refractivity contribution < 1.29 is 14.2 Å². The summed E-state index contributed by atoms with van der Waals surface area (Å²) in [4.78, 5) is 0. The topological polar surface area (TPSA) is 39.7 Å². The Kier molecular flexibility index (Phi) is 3.28. The molecule has 1 aromatic rings. The second-order valence-corrected chi connectivity index (χ2v) is 4.95. The standard InChI is InChI=1S/C14H19NO3/c1-15-7-11-5-13-14(18-9-17-13)6-12(11)16-8-10-3-2-4-10/h5-6,10,15H,2-4,7-9H2,1H3. The number of nitrogens with one attached hydrogen (secondary N) is 1. The Hall–Kier alpha value is -1.42. The van der Waals surface area contributed by atoms with Gasteiger partial charge in [-0.2, -0.15) is 0 Å². The fourth-order valence-corrected chi connectivity index (χ4v) is 2.30. The van der Waals surface area contributed by atoms with Gasteiger partial charge in [-0.05, 0) is 31.9 Å². The molecule has 4 nitrogen and oxygen atoms in total. The maximum absolute atomic E-state index is 5.94. The van der Waals surface area contributed by atoms with Gasteiger partial charge in [0.05, 0.1) is 6.61 Å². The summed E-state index contributed by atoms with van der Waals surface area (Å²) in [6.45, 7) is 1.90. The molecule has 1 fully saturated rings. The lowest BCUT2D eigenvalue weighted by Gasteiger charge is -2.25. The molecule has 1 heterocycles. The highest BCUT2D eigenvalue weighted by molar-refractivity contribution is 5.51. The van der Waals surface area contributed by atoms with Crippen molar-refractivity contribution in [2.24, 2.45) is 5.92 Å². The van der Waals surface area contributed by atoms with Gasteiger partial charge in [-0.3, -0.25) is 0 Å². The van der Waals surface area contributed by atoms with Crippen molar-refractivity contribution in [3.8, 4) is 17.2 Å². The number of ether oxygens (including phenoxy) is 3. The fraction of sp³-hybridized carbons (Fsp3) is 0.571. The van der Waals surface area contributed by atoms with E-state index >= 15 is 0 Å². The molecule has 1 saturated carbocycles. The molecule has 1 aromatic carbocycles. The summed E-state index contributed by atoms with van der Waals surface area (Å²) in [5, 5.41) is 3.15. The Bertz CT molecular complexity index is 429. The molecule has 1 N–H and O–H groups in total. The molecule has 1 aliphatic heterocycles. The van der Waals surface area contributed by atoms with Crippen LogP contribution in [0.1, 0.15) is 24.8 Å². The van der Waals surface area contributed by atoms with E-state index < -0.39 is 0 Å². The van der Waals surface area contributed by atoms with Crippen LogP contribution in [0.4, 0.5) is 0 Å². The van der Waals surface area contributed by atoms with Crippen LogP contribution in [0.5, 0.6) is 17.2 Å². The number of rotatable bonds is 5. The summed E-state index contributed by atoms with van der Waals surface area (Å²) in [7, 11) is 1.93. The third-order valence-corrected chi connectivity index (χ3v) is 3.62. The molecular formula is C14H19NO3. The van der Waals surface area contributed by atoms with Gasteiger partial charge < -0.3 is 19.5 Å². The Morgan fingerprint density at radius 3 is 2.72 bits per heavy atom. The predicted molar refractivity (Wildman–Crippen MR) is 68.2 cm³/mol. The minimum Gasteiger partial charge on any atom is -0.493 e. The van der Waals surface area contributed by atoms with E-state index in [9.17, 15) is 0 Å². The lowest BCUT2D eigenvalue weighted by molar-refractivity contribution is 0.172. The van der Waals surface area contributed by atoms with Crippen LogP contribution < -0.4 is 19.5 Å². The van der Waals surface area contributed by atoms with E-state index in [4.69, 9.17) is 14.2 Å². The van der Waals surface area contributed by atoms with Crippen LogP contribution in [0.2, 0.25) is 0 Å².